The number of carbonyl (C=O) groups excluding carboxylic acids is 2. The molecular formula is C40H43N11O5S2. The van der Waals surface area contributed by atoms with Gasteiger partial charge in [-0.2, -0.15) is 0 Å². The van der Waals surface area contributed by atoms with Crippen LogP contribution in [0.2, 0.25) is 0 Å². The molecule has 3 N–H and O–H groups in total. The molecule has 0 aliphatic carbocycles. The fourth-order valence-electron chi connectivity index (χ4n) is 8.07. The average Bonchev–Trinajstić information content (AvgIpc) is 3.98. The maximum absolute atomic E-state index is 14.1. The largest absolute Gasteiger partial charge is 0.507 e. The molecule has 4 amide bonds. The summed E-state index contributed by atoms with van der Waals surface area (Å²) in [7, 11) is 0. The molecule has 2 aromatic carbocycles. The third-order valence-corrected chi connectivity index (χ3v) is 13.3. The number of rotatable bonds is 8. The van der Waals surface area contributed by atoms with Crippen molar-refractivity contribution in [1.82, 2.24) is 40.7 Å². The predicted octanol–water partition coefficient (Wildman–Crippen LogP) is 7.06. The van der Waals surface area contributed by atoms with Gasteiger partial charge in [0.05, 0.1) is 32.8 Å². The summed E-state index contributed by atoms with van der Waals surface area (Å²) in [6.07, 6.45) is 0. The molecule has 6 aromatic rings. The standard InChI is InChI=1S/C40H43N11O5S2/c1-23(2)51(39(54)50-22-48(55)21-49(50)38(53)42-25(4)27-10-12-28(13-11-27)35-26(5)41-20-57-35)34-15-33(45-56-34)46-16-40(17-46)18-47(19-40)37-24(3)30-14-31(43-44-36(30)58-37)29-8-6-7-9-32(29)52/h6-15,20,23,25,52,55H,16-19,21-22H2,1-5H3,(H,42,53)/t25-/m0/s1. The molecule has 0 saturated carbocycles. The highest BCUT2D eigenvalue weighted by Gasteiger charge is 2.53. The number of hydrogen-bond acceptors (Lipinski definition) is 14. The van der Waals surface area contributed by atoms with Gasteiger partial charge in [0.1, 0.15) is 23.9 Å². The maximum Gasteiger partial charge on any atom is 0.347 e. The van der Waals surface area contributed by atoms with Gasteiger partial charge in [-0.05, 0) is 69.5 Å². The van der Waals surface area contributed by atoms with Crippen molar-refractivity contribution in [2.45, 2.75) is 46.7 Å². The van der Waals surface area contributed by atoms with Gasteiger partial charge in [-0.1, -0.05) is 52.9 Å². The first-order valence-electron chi connectivity index (χ1n) is 19.0. The molecule has 16 nitrogen and oxygen atoms in total. The van der Waals surface area contributed by atoms with Crippen LogP contribution in [0.5, 0.6) is 5.75 Å². The number of nitrogens with one attached hydrogen (secondary N) is 1. The van der Waals surface area contributed by atoms with E-state index in [9.17, 15) is 19.9 Å². The van der Waals surface area contributed by atoms with Crippen molar-refractivity contribution in [1.29, 1.82) is 0 Å². The number of amides is 4. The van der Waals surface area contributed by atoms with Crippen LogP contribution in [0.3, 0.4) is 0 Å². The highest BCUT2D eigenvalue weighted by atomic mass is 32.1. The maximum atomic E-state index is 14.1. The van der Waals surface area contributed by atoms with Gasteiger partial charge in [0.2, 0.25) is 5.88 Å². The van der Waals surface area contributed by atoms with Crippen molar-refractivity contribution in [3.05, 3.63) is 83.0 Å². The van der Waals surface area contributed by atoms with Crippen molar-refractivity contribution in [2.24, 2.45) is 5.41 Å². The van der Waals surface area contributed by atoms with Crippen LogP contribution in [-0.4, -0.2) is 103 Å². The van der Waals surface area contributed by atoms with Gasteiger partial charge in [0.25, 0.3) is 0 Å². The van der Waals surface area contributed by atoms with Gasteiger partial charge in [-0.25, -0.2) is 24.6 Å². The van der Waals surface area contributed by atoms with Crippen LogP contribution in [0.4, 0.5) is 26.3 Å². The number of phenolic OH excluding ortho intramolecular Hbond substituents is 1. The Balaban J connectivity index is 0.829. The molecule has 1 atom stereocenters. The lowest BCUT2D eigenvalue weighted by Crippen LogP contribution is -2.72. The quantitative estimate of drug-likeness (QED) is 0.143. The molecule has 3 saturated heterocycles. The van der Waals surface area contributed by atoms with Crippen LogP contribution < -0.4 is 20.0 Å². The Morgan fingerprint density at radius 1 is 0.948 bits per heavy atom. The fourth-order valence-corrected chi connectivity index (χ4v) is 9.99. The van der Waals surface area contributed by atoms with Crippen molar-refractivity contribution in [2.75, 3.05) is 54.2 Å². The first-order chi connectivity index (χ1) is 27.9. The molecule has 58 heavy (non-hydrogen) atoms. The average molecular weight is 822 g/mol. The number of aryl methyl sites for hydroxylation is 2. The lowest BCUT2D eigenvalue weighted by molar-refractivity contribution is -0.0804. The van der Waals surface area contributed by atoms with E-state index in [0.29, 0.717) is 17.1 Å². The number of hydrogen-bond donors (Lipinski definition) is 3. The Morgan fingerprint density at radius 3 is 2.38 bits per heavy atom. The molecule has 3 aliphatic heterocycles. The number of carbonyl (C=O) groups is 2. The van der Waals surface area contributed by atoms with Crippen molar-refractivity contribution < 1.29 is 24.4 Å². The molecule has 18 heteroatoms. The van der Waals surface area contributed by atoms with Gasteiger partial charge >= 0.3 is 12.1 Å². The molecule has 3 fully saturated rings. The van der Waals surface area contributed by atoms with Crippen LogP contribution in [0.25, 0.3) is 31.9 Å². The smallest absolute Gasteiger partial charge is 0.347 e. The van der Waals surface area contributed by atoms with Crippen LogP contribution in [0, 0.1) is 19.3 Å². The molecule has 4 aromatic heterocycles. The van der Waals surface area contributed by atoms with Crippen LogP contribution in [0.1, 0.15) is 43.6 Å². The number of benzene rings is 2. The Bertz CT molecular complexity index is 2510. The zero-order chi connectivity index (χ0) is 40.5. The van der Waals surface area contributed by atoms with E-state index in [0.717, 1.165) is 68.7 Å². The first-order valence-corrected chi connectivity index (χ1v) is 20.7. The Labute approximate surface area is 342 Å². The zero-order valence-electron chi connectivity index (χ0n) is 32.7. The molecule has 0 unspecified atom stereocenters. The monoisotopic (exact) mass is 821 g/mol. The van der Waals surface area contributed by atoms with Crippen LogP contribution >= 0.6 is 22.7 Å². The van der Waals surface area contributed by atoms with Gasteiger partial charge < -0.3 is 30.0 Å². The van der Waals surface area contributed by atoms with Gasteiger partial charge in [-0.15, -0.1) is 26.6 Å². The Hall–Kier alpha value is -5.82. The third kappa shape index (κ3) is 6.64. The summed E-state index contributed by atoms with van der Waals surface area (Å²) in [5.41, 5.74) is 7.29. The number of phenols is 1. The SMILES string of the molecule is Cc1ncsc1-c1ccc([C@H](C)NC(=O)N2CN(O)CN2C(=O)N(c2cc(N3CC4(C3)CN(c3sc5nnc(-c6ccccc6O)cc5c3C)C4)no2)C(C)C)cc1. The minimum Gasteiger partial charge on any atom is -0.507 e. The number of hydrazine groups is 1. The minimum absolute atomic E-state index is 0.107. The zero-order valence-corrected chi connectivity index (χ0v) is 34.3. The summed E-state index contributed by atoms with van der Waals surface area (Å²) in [6, 6.07) is 17.1. The van der Waals surface area contributed by atoms with E-state index in [1.54, 1.807) is 40.9 Å². The number of urea groups is 2. The van der Waals surface area contributed by atoms with E-state index in [2.05, 4.69) is 42.4 Å². The van der Waals surface area contributed by atoms with Crippen LogP contribution in [0.15, 0.2) is 70.7 Å². The van der Waals surface area contributed by atoms with Crippen molar-refractivity contribution in [3.8, 4) is 27.4 Å². The number of thiophene rings is 1. The van der Waals surface area contributed by atoms with E-state index in [4.69, 9.17) is 4.52 Å². The van der Waals surface area contributed by atoms with Crippen LogP contribution in [-0.2, 0) is 0 Å². The van der Waals surface area contributed by atoms with E-state index in [-0.39, 0.29) is 42.5 Å². The summed E-state index contributed by atoms with van der Waals surface area (Å²) in [4.78, 5) is 40.0. The number of para-hydroxylation sites is 1. The molecule has 7 heterocycles. The fraction of sp³-hybridized carbons (Fsp3) is 0.350. The number of fused-ring (bicyclic) bond motifs is 1. The molecule has 9 rings (SSSR count). The van der Waals surface area contributed by atoms with Crippen molar-refractivity contribution >= 4 is 61.7 Å². The second kappa shape index (κ2) is 14.5. The summed E-state index contributed by atoms with van der Waals surface area (Å²) < 4.78 is 5.77. The van der Waals surface area contributed by atoms with Crippen molar-refractivity contribution in [3.63, 3.8) is 0 Å². The lowest BCUT2D eigenvalue weighted by atomic mass is 9.73. The summed E-state index contributed by atoms with van der Waals surface area (Å²) in [5.74, 6) is 1.06. The second-order valence-electron chi connectivity index (χ2n) is 15.6. The molecule has 3 aliphatic rings. The third-order valence-electron chi connectivity index (χ3n) is 11.1. The number of hydroxylamine groups is 2. The van der Waals surface area contributed by atoms with Gasteiger partial charge in [0.15, 0.2) is 5.82 Å². The molecule has 0 bridgehead atoms. The Kier molecular flexibility index (Phi) is 9.45. The number of anilines is 3. The van der Waals surface area contributed by atoms with E-state index in [1.165, 1.54) is 19.9 Å². The summed E-state index contributed by atoms with van der Waals surface area (Å²) in [5, 5.41) is 42.6. The summed E-state index contributed by atoms with van der Waals surface area (Å²) in [6.45, 7) is 12.6. The number of aromatic nitrogens is 4. The highest BCUT2D eigenvalue weighted by Crippen LogP contribution is 2.48. The normalized spacial score (nSPS) is 16.9. The van der Waals surface area contributed by atoms with E-state index >= 15 is 0 Å². The predicted molar refractivity (Wildman–Crippen MR) is 222 cm³/mol. The second-order valence-corrected chi connectivity index (χ2v) is 17.5. The number of aromatic hydroxyl groups is 1. The van der Waals surface area contributed by atoms with Gasteiger partial charge in [0, 0.05) is 54.7 Å². The molecular weight excluding hydrogens is 779 g/mol. The minimum atomic E-state index is -0.535. The Morgan fingerprint density at radius 2 is 1.67 bits per heavy atom. The molecule has 300 valence electrons. The molecule has 1 spiro atoms. The highest BCUT2D eigenvalue weighted by molar-refractivity contribution is 7.22. The van der Waals surface area contributed by atoms with Gasteiger partial charge in [-0.3, -0.25) is 4.90 Å². The number of thiazole rings is 1. The van der Waals surface area contributed by atoms with E-state index < -0.39 is 12.1 Å². The first kappa shape index (κ1) is 37.7. The lowest BCUT2D eigenvalue weighted by Gasteiger charge is -2.60. The topological polar surface area (TPSA) is 171 Å². The summed E-state index contributed by atoms with van der Waals surface area (Å²) >= 11 is 3.21. The molecule has 0 radical (unpaired) electrons. The van der Waals surface area contributed by atoms with E-state index in [1.807, 2.05) is 75.7 Å². The number of nitrogens with zero attached hydrogens (tertiary/aromatic N) is 10.